The fraction of sp³-hybridized carbons (Fsp3) is 0.364. The highest BCUT2D eigenvalue weighted by Gasteiger charge is 2.36. The van der Waals surface area contributed by atoms with E-state index in [-0.39, 0.29) is 18.3 Å². The van der Waals surface area contributed by atoms with Gasteiger partial charge in [0.25, 0.3) is 0 Å². The summed E-state index contributed by atoms with van der Waals surface area (Å²) in [6, 6.07) is 15.4. The third-order valence-corrected chi connectivity index (χ3v) is 5.08. The summed E-state index contributed by atoms with van der Waals surface area (Å²) in [7, 11) is 0. The van der Waals surface area contributed by atoms with Gasteiger partial charge in [-0.15, -0.1) is 0 Å². The van der Waals surface area contributed by atoms with E-state index in [1.54, 1.807) is 4.90 Å². The van der Waals surface area contributed by atoms with Gasteiger partial charge in [-0.2, -0.15) is 0 Å². The molecule has 0 aliphatic carbocycles. The third kappa shape index (κ3) is 3.79. The first-order chi connectivity index (χ1) is 12.5. The van der Waals surface area contributed by atoms with Gasteiger partial charge in [-0.3, -0.25) is 9.59 Å². The molecular formula is C22H25NO3. The molecule has 26 heavy (non-hydrogen) atoms. The predicted octanol–water partition coefficient (Wildman–Crippen LogP) is 4.47. The van der Waals surface area contributed by atoms with Gasteiger partial charge in [0.2, 0.25) is 5.91 Å². The van der Waals surface area contributed by atoms with Crippen LogP contribution in [0, 0.1) is 12.8 Å². The Kier molecular flexibility index (Phi) is 5.40. The zero-order valence-corrected chi connectivity index (χ0v) is 15.6. The Morgan fingerprint density at radius 3 is 2.58 bits per heavy atom. The van der Waals surface area contributed by atoms with Crippen LogP contribution in [0.2, 0.25) is 0 Å². The molecule has 1 aliphatic rings. The van der Waals surface area contributed by atoms with E-state index in [1.807, 2.05) is 55.5 Å². The molecule has 1 amide bonds. The van der Waals surface area contributed by atoms with Crippen LogP contribution < -0.4 is 9.64 Å². The van der Waals surface area contributed by atoms with Crippen LogP contribution in [0.1, 0.15) is 43.7 Å². The van der Waals surface area contributed by atoms with Gasteiger partial charge in [0.1, 0.15) is 5.75 Å². The lowest BCUT2D eigenvalue weighted by molar-refractivity contribution is -0.139. The summed E-state index contributed by atoms with van der Waals surface area (Å²) in [4.78, 5) is 26.7. The van der Waals surface area contributed by atoms with Gasteiger partial charge in [-0.05, 0) is 43.0 Å². The molecule has 0 bridgehead atoms. The second-order valence-electron chi connectivity index (χ2n) is 7.01. The van der Waals surface area contributed by atoms with E-state index in [1.165, 1.54) is 0 Å². The molecule has 2 atom stereocenters. The van der Waals surface area contributed by atoms with E-state index in [0.717, 1.165) is 23.2 Å². The normalized spacial score (nSPS) is 18.0. The van der Waals surface area contributed by atoms with Gasteiger partial charge in [0.05, 0.1) is 5.92 Å². The van der Waals surface area contributed by atoms with Gasteiger partial charge >= 0.3 is 5.97 Å². The number of aryl methyl sites for hydroxylation is 1. The number of amides is 1. The van der Waals surface area contributed by atoms with E-state index in [0.29, 0.717) is 18.2 Å². The maximum absolute atomic E-state index is 12.7. The van der Waals surface area contributed by atoms with Crippen molar-refractivity contribution < 1.29 is 14.3 Å². The minimum absolute atomic E-state index is 0.0361. The molecule has 1 fully saturated rings. The van der Waals surface area contributed by atoms with E-state index in [2.05, 4.69) is 13.8 Å². The van der Waals surface area contributed by atoms with E-state index >= 15 is 0 Å². The molecule has 1 aliphatic heterocycles. The number of hydrogen-bond acceptors (Lipinski definition) is 3. The molecule has 136 valence electrons. The Labute approximate surface area is 154 Å². The quantitative estimate of drug-likeness (QED) is 0.590. The number of nitrogens with zero attached hydrogens (tertiary/aromatic N) is 1. The smallest absolute Gasteiger partial charge is 0.316 e. The zero-order chi connectivity index (χ0) is 18.7. The molecule has 0 radical (unpaired) electrons. The average Bonchev–Trinajstić information content (AvgIpc) is 3.04. The van der Waals surface area contributed by atoms with Crippen molar-refractivity contribution in [3.63, 3.8) is 0 Å². The van der Waals surface area contributed by atoms with Crippen molar-refractivity contribution in [3.05, 3.63) is 59.7 Å². The molecule has 0 aromatic heterocycles. The lowest BCUT2D eigenvalue weighted by Gasteiger charge is -2.18. The maximum Gasteiger partial charge on any atom is 0.316 e. The SMILES string of the molecule is CC[C@@H](C)c1ccccc1OC(=O)[C@H]1CC(=O)N(c2ccc(C)cc2)C1. The first-order valence-corrected chi connectivity index (χ1v) is 9.17. The Morgan fingerprint density at radius 2 is 1.88 bits per heavy atom. The highest BCUT2D eigenvalue weighted by atomic mass is 16.5. The van der Waals surface area contributed by atoms with Gasteiger partial charge < -0.3 is 9.64 Å². The van der Waals surface area contributed by atoms with Crippen LogP contribution in [0.3, 0.4) is 0 Å². The monoisotopic (exact) mass is 351 g/mol. The largest absolute Gasteiger partial charge is 0.426 e. The lowest BCUT2D eigenvalue weighted by Crippen LogP contribution is -2.27. The maximum atomic E-state index is 12.7. The number of para-hydroxylation sites is 1. The van der Waals surface area contributed by atoms with Crippen LogP contribution in [-0.4, -0.2) is 18.4 Å². The van der Waals surface area contributed by atoms with E-state index < -0.39 is 5.92 Å². The van der Waals surface area contributed by atoms with E-state index in [9.17, 15) is 9.59 Å². The molecule has 2 aromatic rings. The molecule has 1 saturated heterocycles. The van der Waals surface area contributed by atoms with Gasteiger partial charge in [-0.25, -0.2) is 0 Å². The molecule has 4 nitrogen and oxygen atoms in total. The summed E-state index contributed by atoms with van der Waals surface area (Å²) >= 11 is 0. The minimum Gasteiger partial charge on any atom is -0.426 e. The summed E-state index contributed by atoms with van der Waals surface area (Å²) < 4.78 is 5.69. The van der Waals surface area contributed by atoms with Crippen LogP contribution in [0.5, 0.6) is 5.75 Å². The molecule has 1 heterocycles. The summed E-state index contributed by atoms with van der Waals surface area (Å²) in [5.74, 6) is 0.116. The second-order valence-corrected chi connectivity index (χ2v) is 7.01. The molecule has 4 heteroatoms. The third-order valence-electron chi connectivity index (χ3n) is 5.08. The number of rotatable bonds is 5. The van der Waals surface area contributed by atoms with Crippen molar-refractivity contribution in [1.29, 1.82) is 0 Å². The lowest BCUT2D eigenvalue weighted by atomic mass is 9.98. The number of benzene rings is 2. The van der Waals surface area contributed by atoms with Crippen molar-refractivity contribution in [2.24, 2.45) is 5.92 Å². The highest BCUT2D eigenvalue weighted by molar-refractivity contribution is 5.99. The van der Waals surface area contributed by atoms with Crippen LogP contribution in [0.15, 0.2) is 48.5 Å². The Bertz CT molecular complexity index is 797. The van der Waals surface area contributed by atoms with Crippen LogP contribution in [0.25, 0.3) is 0 Å². The summed E-state index contributed by atoms with van der Waals surface area (Å²) in [6.07, 6.45) is 1.16. The summed E-state index contributed by atoms with van der Waals surface area (Å²) in [6.45, 7) is 6.60. The molecule has 0 spiro atoms. The van der Waals surface area contributed by atoms with Crippen molar-refractivity contribution in [2.45, 2.75) is 39.5 Å². The number of ether oxygens (including phenoxy) is 1. The van der Waals surface area contributed by atoms with Gasteiger partial charge in [0.15, 0.2) is 0 Å². The van der Waals surface area contributed by atoms with E-state index in [4.69, 9.17) is 4.74 Å². The molecular weight excluding hydrogens is 326 g/mol. The number of hydrogen-bond donors (Lipinski definition) is 0. The Morgan fingerprint density at radius 1 is 1.19 bits per heavy atom. The highest BCUT2D eigenvalue weighted by Crippen LogP contribution is 2.31. The number of carbonyl (C=O) groups is 2. The molecule has 0 unspecified atom stereocenters. The average molecular weight is 351 g/mol. The van der Waals surface area contributed by atoms with Crippen LogP contribution in [-0.2, 0) is 9.59 Å². The van der Waals surface area contributed by atoms with Crippen molar-refractivity contribution in [2.75, 3.05) is 11.4 Å². The first-order valence-electron chi connectivity index (χ1n) is 9.17. The Hall–Kier alpha value is -2.62. The zero-order valence-electron chi connectivity index (χ0n) is 15.6. The minimum atomic E-state index is -0.436. The van der Waals surface area contributed by atoms with Crippen molar-refractivity contribution in [3.8, 4) is 5.75 Å². The number of esters is 1. The van der Waals surface area contributed by atoms with Gasteiger partial charge in [0, 0.05) is 18.7 Å². The summed E-state index contributed by atoms with van der Waals surface area (Å²) in [5, 5.41) is 0. The predicted molar refractivity (Wildman–Crippen MR) is 102 cm³/mol. The Balaban J connectivity index is 1.72. The summed E-state index contributed by atoms with van der Waals surface area (Å²) in [5.41, 5.74) is 3.00. The molecule has 2 aromatic carbocycles. The van der Waals surface area contributed by atoms with Crippen LogP contribution in [0.4, 0.5) is 5.69 Å². The molecule has 0 saturated carbocycles. The fourth-order valence-electron chi connectivity index (χ4n) is 3.23. The van der Waals surface area contributed by atoms with Crippen molar-refractivity contribution in [1.82, 2.24) is 0 Å². The molecule has 0 N–H and O–H groups in total. The number of anilines is 1. The van der Waals surface area contributed by atoms with Gasteiger partial charge in [-0.1, -0.05) is 49.7 Å². The van der Waals surface area contributed by atoms with Crippen LogP contribution >= 0.6 is 0 Å². The standard InChI is InChI=1S/C22H25NO3/c1-4-16(3)19-7-5-6-8-20(19)26-22(25)17-13-21(24)23(14-17)18-11-9-15(2)10-12-18/h5-12,16-17H,4,13-14H2,1-3H3/t16-,17+/m1/s1. The topological polar surface area (TPSA) is 46.6 Å². The van der Waals surface area contributed by atoms with Crippen molar-refractivity contribution >= 4 is 17.6 Å². The number of carbonyl (C=O) groups excluding carboxylic acids is 2. The fourth-order valence-corrected chi connectivity index (χ4v) is 3.23. The molecule has 3 rings (SSSR count). The first kappa shape index (κ1) is 18.2. The second kappa shape index (κ2) is 7.73.